The molecule has 0 saturated heterocycles. The molecule has 74 valence electrons. The number of oxime groups is 1. The zero-order valence-electron chi connectivity index (χ0n) is 7.94. The molecule has 0 unspecified atom stereocenters. The van der Waals surface area contributed by atoms with Crippen LogP contribution in [0.2, 0.25) is 5.02 Å². The van der Waals surface area contributed by atoms with Gasteiger partial charge in [0.25, 0.3) is 0 Å². The molecule has 1 N–H and O–H groups in total. The average Bonchev–Trinajstić information content (AvgIpc) is 2.98. The van der Waals surface area contributed by atoms with Crippen molar-refractivity contribution in [3.63, 3.8) is 0 Å². The van der Waals surface area contributed by atoms with Crippen molar-refractivity contribution in [2.45, 2.75) is 19.3 Å². The van der Waals surface area contributed by atoms with Crippen LogP contribution in [0.5, 0.6) is 0 Å². The summed E-state index contributed by atoms with van der Waals surface area (Å²) in [6, 6.07) is 7.88. The quantitative estimate of drug-likeness (QED) is 0.453. The summed E-state index contributed by atoms with van der Waals surface area (Å²) in [4.78, 5) is 0. The summed E-state index contributed by atoms with van der Waals surface area (Å²) in [5.74, 6) is 0.935. The van der Waals surface area contributed by atoms with Gasteiger partial charge in [-0.15, -0.1) is 0 Å². The van der Waals surface area contributed by atoms with Gasteiger partial charge >= 0.3 is 0 Å². The minimum Gasteiger partial charge on any atom is -0.411 e. The van der Waals surface area contributed by atoms with Crippen LogP contribution in [0.4, 0.5) is 0 Å². The minimum atomic E-state index is 0.418. The summed E-state index contributed by atoms with van der Waals surface area (Å²) in [6.45, 7) is 1.86. The Hall–Kier alpha value is -1.02. The van der Waals surface area contributed by atoms with Crippen LogP contribution in [-0.2, 0) is 0 Å². The van der Waals surface area contributed by atoms with Crippen molar-refractivity contribution in [1.82, 2.24) is 0 Å². The monoisotopic (exact) mass is 209 g/mol. The molecule has 0 bridgehead atoms. The Morgan fingerprint density at radius 2 is 2.07 bits per heavy atom. The largest absolute Gasteiger partial charge is 0.411 e. The molecule has 1 saturated carbocycles. The Morgan fingerprint density at radius 1 is 1.43 bits per heavy atom. The first kappa shape index (κ1) is 9.53. The van der Waals surface area contributed by atoms with Gasteiger partial charge in [-0.2, -0.15) is 0 Å². The van der Waals surface area contributed by atoms with Gasteiger partial charge in [0.05, 0.1) is 5.71 Å². The number of halogens is 1. The van der Waals surface area contributed by atoms with Gasteiger partial charge in [0, 0.05) is 10.9 Å². The number of hydrogen-bond acceptors (Lipinski definition) is 2. The summed E-state index contributed by atoms with van der Waals surface area (Å²) >= 11 is 5.80. The van der Waals surface area contributed by atoms with Crippen molar-refractivity contribution in [2.24, 2.45) is 11.1 Å². The summed E-state index contributed by atoms with van der Waals surface area (Å²) < 4.78 is 0. The highest BCUT2D eigenvalue weighted by Crippen LogP contribution is 2.48. The molecule has 0 aliphatic heterocycles. The molecule has 1 fully saturated rings. The van der Waals surface area contributed by atoms with Crippen LogP contribution < -0.4 is 0 Å². The lowest BCUT2D eigenvalue weighted by Gasteiger charge is -1.99. The molecule has 0 radical (unpaired) electrons. The first-order chi connectivity index (χ1) is 6.72. The summed E-state index contributed by atoms with van der Waals surface area (Å²) in [6.07, 6.45) is 1.08. The second kappa shape index (κ2) is 3.62. The molecule has 0 heterocycles. The maximum atomic E-state index is 8.62. The zero-order chi connectivity index (χ0) is 10.1. The number of benzene rings is 1. The van der Waals surface area contributed by atoms with Crippen molar-refractivity contribution >= 4 is 17.3 Å². The van der Waals surface area contributed by atoms with Crippen molar-refractivity contribution in [2.75, 3.05) is 0 Å². The van der Waals surface area contributed by atoms with Gasteiger partial charge in [-0.1, -0.05) is 28.9 Å². The molecule has 14 heavy (non-hydrogen) atoms. The van der Waals surface area contributed by atoms with E-state index in [2.05, 4.69) is 5.16 Å². The Bertz CT molecular complexity index is 358. The Balaban J connectivity index is 2.10. The van der Waals surface area contributed by atoms with Crippen LogP contribution in [0.3, 0.4) is 0 Å². The molecule has 3 heteroatoms. The van der Waals surface area contributed by atoms with E-state index in [1.807, 2.05) is 31.2 Å². The molecular formula is C11H12ClNO. The molecule has 1 aromatic rings. The zero-order valence-corrected chi connectivity index (χ0v) is 8.70. The lowest BCUT2D eigenvalue weighted by Crippen LogP contribution is -1.95. The fourth-order valence-electron chi connectivity index (χ4n) is 1.81. The Labute approximate surface area is 88.2 Å². The topological polar surface area (TPSA) is 32.6 Å². The van der Waals surface area contributed by atoms with Gasteiger partial charge in [-0.05, 0) is 37.0 Å². The van der Waals surface area contributed by atoms with E-state index in [4.69, 9.17) is 16.8 Å². The molecule has 0 spiro atoms. The highest BCUT2D eigenvalue weighted by molar-refractivity contribution is 6.30. The molecule has 0 aromatic heterocycles. The summed E-state index contributed by atoms with van der Waals surface area (Å²) in [7, 11) is 0. The van der Waals surface area contributed by atoms with Crippen LogP contribution in [0.1, 0.15) is 24.8 Å². The van der Waals surface area contributed by atoms with E-state index < -0.39 is 0 Å². The molecular weight excluding hydrogens is 198 g/mol. The maximum Gasteiger partial charge on any atom is 0.0577 e. The van der Waals surface area contributed by atoms with Gasteiger partial charge in [0.1, 0.15) is 0 Å². The van der Waals surface area contributed by atoms with Gasteiger partial charge in [0.15, 0.2) is 0 Å². The normalized spacial score (nSPS) is 26.3. The molecule has 2 atom stereocenters. The predicted molar refractivity (Wildman–Crippen MR) is 57.2 cm³/mol. The van der Waals surface area contributed by atoms with E-state index in [0.717, 1.165) is 17.2 Å². The fraction of sp³-hybridized carbons (Fsp3) is 0.364. The van der Waals surface area contributed by atoms with Crippen molar-refractivity contribution in [3.05, 3.63) is 34.9 Å². The van der Waals surface area contributed by atoms with E-state index in [-0.39, 0.29) is 0 Å². The van der Waals surface area contributed by atoms with E-state index >= 15 is 0 Å². The fourth-order valence-corrected chi connectivity index (χ4v) is 1.94. The van der Waals surface area contributed by atoms with E-state index in [9.17, 15) is 0 Å². The van der Waals surface area contributed by atoms with Crippen LogP contribution >= 0.6 is 11.6 Å². The lowest BCUT2D eigenvalue weighted by molar-refractivity contribution is 0.316. The average molecular weight is 210 g/mol. The van der Waals surface area contributed by atoms with Gasteiger partial charge < -0.3 is 5.21 Å². The van der Waals surface area contributed by atoms with Crippen LogP contribution in [0.15, 0.2) is 29.4 Å². The standard InChI is InChI=1S/C11H12ClNO/c1-7(13-14)10-6-11(10)8-2-4-9(12)5-3-8/h2-5,10-11,14H,6H2,1H3/t10-,11-/m0/s1. The van der Waals surface area contributed by atoms with E-state index in [0.29, 0.717) is 11.8 Å². The van der Waals surface area contributed by atoms with Gasteiger partial charge in [-0.25, -0.2) is 0 Å². The SMILES string of the molecule is CC(=NO)[C@@H]1C[C@H]1c1ccc(Cl)cc1. The van der Waals surface area contributed by atoms with Gasteiger partial charge in [0.2, 0.25) is 0 Å². The molecule has 1 aliphatic carbocycles. The Morgan fingerprint density at radius 3 is 2.64 bits per heavy atom. The first-order valence-electron chi connectivity index (χ1n) is 4.66. The first-order valence-corrected chi connectivity index (χ1v) is 5.04. The third kappa shape index (κ3) is 1.75. The maximum absolute atomic E-state index is 8.62. The number of nitrogens with zero attached hydrogens (tertiary/aromatic N) is 1. The molecule has 0 amide bonds. The van der Waals surface area contributed by atoms with Crippen LogP contribution in [-0.4, -0.2) is 10.9 Å². The molecule has 1 aromatic carbocycles. The van der Waals surface area contributed by atoms with Crippen molar-refractivity contribution < 1.29 is 5.21 Å². The Kier molecular flexibility index (Phi) is 2.46. The number of hydrogen-bond donors (Lipinski definition) is 1. The smallest absolute Gasteiger partial charge is 0.0577 e. The number of rotatable bonds is 2. The minimum absolute atomic E-state index is 0.418. The second-order valence-corrected chi connectivity index (χ2v) is 4.18. The third-order valence-electron chi connectivity index (χ3n) is 2.78. The molecule has 1 aliphatic rings. The molecule has 2 rings (SSSR count). The summed E-state index contributed by atoms with van der Waals surface area (Å²) in [5.41, 5.74) is 2.10. The highest BCUT2D eigenvalue weighted by atomic mass is 35.5. The van der Waals surface area contributed by atoms with Crippen molar-refractivity contribution in [3.8, 4) is 0 Å². The highest BCUT2D eigenvalue weighted by Gasteiger charge is 2.40. The van der Waals surface area contributed by atoms with Crippen molar-refractivity contribution in [1.29, 1.82) is 0 Å². The third-order valence-corrected chi connectivity index (χ3v) is 3.03. The van der Waals surface area contributed by atoms with Crippen LogP contribution in [0.25, 0.3) is 0 Å². The lowest BCUT2D eigenvalue weighted by atomic mass is 10.1. The van der Waals surface area contributed by atoms with E-state index in [1.165, 1.54) is 5.56 Å². The van der Waals surface area contributed by atoms with Crippen LogP contribution in [0, 0.1) is 5.92 Å². The predicted octanol–water partition coefficient (Wildman–Crippen LogP) is 3.29. The summed E-state index contributed by atoms with van der Waals surface area (Å²) in [5, 5.41) is 12.6. The molecule has 2 nitrogen and oxygen atoms in total. The van der Waals surface area contributed by atoms with E-state index in [1.54, 1.807) is 0 Å². The van der Waals surface area contributed by atoms with Gasteiger partial charge in [-0.3, -0.25) is 0 Å². The second-order valence-electron chi connectivity index (χ2n) is 3.74.